The van der Waals surface area contributed by atoms with E-state index in [4.69, 9.17) is 10.5 Å². The Morgan fingerprint density at radius 1 is 1.29 bits per heavy atom. The van der Waals surface area contributed by atoms with E-state index in [9.17, 15) is 4.79 Å². The van der Waals surface area contributed by atoms with Crippen LogP contribution < -0.4 is 11.1 Å². The van der Waals surface area contributed by atoms with Gasteiger partial charge in [0.25, 0.3) is 0 Å². The molecular formula is C16H25N3O2. The first-order chi connectivity index (χ1) is 9.97. The quantitative estimate of drug-likeness (QED) is 0.795. The summed E-state index contributed by atoms with van der Waals surface area (Å²) in [6, 6.07) is 7.42. The topological polar surface area (TPSA) is 67.6 Å². The van der Waals surface area contributed by atoms with Gasteiger partial charge in [0.1, 0.15) is 0 Å². The van der Waals surface area contributed by atoms with Crippen molar-refractivity contribution < 1.29 is 9.53 Å². The first kappa shape index (κ1) is 15.8. The van der Waals surface area contributed by atoms with Gasteiger partial charge in [0.2, 0.25) is 5.91 Å². The number of ether oxygens (including phenoxy) is 1. The zero-order valence-electron chi connectivity index (χ0n) is 12.9. The van der Waals surface area contributed by atoms with Gasteiger partial charge in [-0.15, -0.1) is 0 Å². The lowest BCUT2D eigenvalue weighted by molar-refractivity contribution is -0.121. The molecule has 0 unspecified atom stereocenters. The Hall–Kier alpha value is -1.59. The average molecular weight is 291 g/mol. The van der Waals surface area contributed by atoms with Crippen LogP contribution in [0.2, 0.25) is 0 Å². The van der Waals surface area contributed by atoms with Crippen molar-refractivity contribution in [3.05, 3.63) is 29.8 Å². The van der Waals surface area contributed by atoms with Crippen LogP contribution in [0.4, 0.5) is 5.69 Å². The summed E-state index contributed by atoms with van der Waals surface area (Å²) in [5, 5.41) is 3.03. The molecule has 1 heterocycles. The predicted molar refractivity (Wildman–Crippen MR) is 84.0 cm³/mol. The zero-order valence-corrected chi connectivity index (χ0v) is 12.9. The first-order valence-corrected chi connectivity index (χ1v) is 7.41. The molecular weight excluding hydrogens is 266 g/mol. The zero-order chi connectivity index (χ0) is 15.3. The van der Waals surface area contributed by atoms with Crippen LogP contribution >= 0.6 is 0 Å². The van der Waals surface area contributed by atoms with E-state index in [0.717, 1.165) is 31.9 Å². The van der Waals surface area contributed by atoms with E-state index >= 15 is 0 Å². The number of nitrogen functional groups attached to an aromatic ring is 1. The molecule has 1 fully saturated rings. The van der Waals surface area contributed by atoms with Crippen LogP contribution in [0, 0.1) is 0 Å². The molecule has 1 amide bonds. The molecule has 1 aromatic carbocycles. The van der Waals surface area contributed by atoms with E-state index in [1.54, 1.807) is 0 Å². The molecule has 0 atom stereocenters. The monoisotopic (exact) mass is 291 g/mol. The number of amides is 1. The van der Waals surface area contributed by atoms with Crippen molar-refractivity contribution >= 4 is 11.6 Å². The molecule has 21 heavy (non-hydrogen) atoms. The number of nitrogens with two attached hydrogens (primary N) is 1. The molecule has 0 radical (unpaired) electrons. The van der Waals surface area contributed by atoms with Crippen molar-refractivity contribution in [2.45, 2.75) is 25.8 Å². The number of hydrogen-bond acceptors (Lipinski definition) is 4. The number of benzene rings is 1. The van der Waals surface area contributed by atoms with Crippen molar-refractivity contribution in [2.75, 3.05) is 38.6 Å². The summed E-state index contributed by atoms with van der Waals surface area (Å²) in [6.07, 6.45) is 0.388. The predicted octanol–water partition coefficient (Wildman–Crippen LogP) is 1.04. The molecule has 0 aliphatic carbocycles. The largest absolute Gasteiger partial charge is 0.399 e. The summed E-state index contributed by atoms with van der Waals surface area (Å²) in [6.45, 7) is 8.32. The molecule has 3 N–H and O–H groups in total. The molecule has 1 aromatic rings. The molecule has 1 aliphatic heterocycles. The lowest BCUT2D eigenvalue weighted by Gasteiger charge is -2.40. The average Bonchev–Trinajstić information content (AvgIpc) is 2.49. The van der Waals surface area contributed by atoms with Crippen LogP contribution in [0.15, 0.2) is 24.3 Å². The minimum absolute atomic E-state index is 0.0427. The van der Waals surface area contributed by atoms with E-state index in [-0.39, 0.29) is 11.4 Å². The summed E-state index contributed by atoms with van der Waals surface area (Å²) in [4.78, 5) is 14.4. The number of carbonyl (C=O) groups excluding carboxylic acids is 1. The number of carbonyl (C=O) groups is 1. The van der Waals surface area contributed by atoms with Crippen LogP contribution in [0.5, 0.6) is 0 Å². The lowest BCUT2D eigenvalue weighted by atomic mass is 10.0. The fourth-order valence-electron chi connectivity index (χ4n) is 2.48. The van der Waals surface area contributed by atoms with E-state index in [0.29, 0.717) is 18.7 Å². The molecule has 1 aliphatic rings. The third-order valence-corrected chi connectivity index (χ3v) is 3.93. The number of anilines is 1. The summed E-state index contributed by atoms with van der Waals surface area (Å²) in [5.41, 5.74) is 7.28. The van der Waals surface area contributed by atoms with Crippen LogP contribution in [0.3, 0.4) is 0 Å². The molecule has 0 spiro atoms. The van der Waals surface area contributed by atoms with Crippen LogP contribution in [-0.2, 0) is 16.0 Å². The number of hydrogen-bond donors (Lipinski definition) is 2. The molecule has 5 nitrogen and oxygen atoms in total. The van der Waals surface area contributed by atoms with Crippen molar-refractivity contribution in [3.8, 4) is 0 Å². The summed E-state index contributed by atoms with van der Waals surface area (Å²) >= 11 is 0. The Morgan fingerprint density at radius 3 is 2.52 bits per heavy atom. The van der Waals surface area contributed by atoms with Crippen molar-refractivity contribution in [3.63, 3.8) is 0 Å². The minimum atomic E-state index is -0.0550. The fourth-order valence-corrected chi connectivity index (χ4v) is 2.48. The molecule has 0 saturated carbocycles. The Kier molecular flexibility index (Phi) is 5.20. The van der Waals surface area contributed by atoms with E-state index < -0.39 is 0 Å². The van der Waals surface area contributed by atoms with Gasteiger partial charge in [0, 0.05) is 30.9 Å². The molecule has 0 bridgehead atoms. The molecule has 116 valence electrons. The molecule has 0 aromatic heterocycles. The third-order valence-electron chi connectivity index (χ3n) is 3.93. The van der Waals surface area contributed by atoms with Gasteiger partial charge in [-0.05, 0) is 31.5 Å². The van der Waals surface area contributed by atoms with Crippen LogP contribution in [0.25, 0.3) is 0 Å². The number of morpholine rings is 1. The second-order valence-electron chi connectivity index (χ2n) is 6.11. The number of nitrogens with zero attached hydrogens (tertiary/aromatic N) is 1. The van der Waals surface area contributed by atoms with Gasteiger partial charge in [0.15, 0.2) is 0 Å². The Morgan fingerprint density at radius 2 is 1.90 bits per heavy atom. The summed E-state index contributed by atoms with van der Waals surface area (Å²) in [5.74, 6) is 0.0427. The van der Waals surface area contributed by atoms with Gasteiger partial charge in [-0.25, -0.2) is 0 Å². The SMILES string of the molecule is CC(C)(CNC(=O)Cc1ccc(N)cc1)N1CCOCC1. The van der Waals surface area contributed by atoms with E-state index in [2.05, 4.69) is 24.1 Å². The highest BCUT2D eigenvalue weighted by atomic mass is 16.5. The number of rotatable bonds is 5. The highest BCUT2D eigenvalue weighted by Crippen LogP contribution is 2.15. The maximum absolute atomic E-state index is 12.0. The van der Waals surface area contributed by atoms with Gasteiger partial charge >= 0.3 is 0 Å². The highest BCUT2D eigenvalue weighted by Gasteiger charge is 2.28. The first-order valence-electron chi connectivity index (χ1n) is 7.41. The Labute approximate surface area is 126 Å². The van der Waals surface area contributed by atoms with Gasteiger partial charge < -0.3 is 15.8 Å². The smallest absolute Gasteiger partial charge is 0.224 e. The highest BCUT2D eigenvalue weighted by molar-refractivity contribution is 5.78. The van der Waals surface area contributed by atoms with Crippen LogP contribution in [-0.4, -0.2) is 49.2 Å². The van der Waals surface area contributed by atoms with Gasteiger partial charge in [-0.2, -0.15) is 0 Å². The van der Waals surface area contributed by atoms with Crippen molar-refractivity contribution in [1.82, 2.24) is 10.2 Å². The summed E-state index contributed by atoms with van der Waals surface area (Å²) < 4.78 is 5.37. The van der Waals surface area contributed by atoms with Gasteiger partial charge in [0.05, 0.1) is 19.6 Å². The van der Waals surface area contributed by atoms with Crippen LogP contribution in [0.1, 0.15) is 19.4 Å². The lowest BCUT2D eigenvalue weighted by Crippen LogP contribution is -2.55. The Balaban J connectivity index is 1.81. The van der Waals surface area contributed by atoms with Crippen molar-refractivity contribution in [1.29, 1.82) is 0 Å². The minimum Gasteiger partial charge on any atom is -0.399 e. The fraction of sp³-hybridized carbons (Fsp3) is 0.562. The Bertz CT molecular complexity index is 465. The third kappa shape index (κ3) is 4.72. The summed E-state index contributed by atoms with van der Waals surface area (Å²) in [7, 11) is 0. The number of nitrogens with one attached hydrogen (secondary N) is 1. The van der Waals surface area contributed by atoms with Gasteiger partial charge in [-0.1, -0.05) is 12.1 Å². The maximum atomic E-state index is 12.0. The van der Waals surface area contributed by atoms with E-state index in [1.165, 1.54) is 0 Å². The molecule has 2 rings (SSSR count). The van der Waals surface area contributed by atoms with Crippen molar-refractivity contribution in [2.24, 2.45) is 0 Å². The maximum Gasteiger partial charge on any atom is 0.224 e. The normalized spacial score (nSPS) is 16.7. The molecule has 5 heteroatoms. The second-order valence-corrected chi connectivity index (χ2v) is 6.11. The second kappa shape index (κ2) is 6.91. The van der Waals surface area contributed by atoms with E-state index in [1.807, 2.05) is 24.3 Å². The standard InChI is InChI=1S/C16H25N3O2/c1-16(2,19-7-9-21-10-8-19)12-18-15(20)11-13-3-5-14(17)6-4-13/h3-6H,7-12,17H2,1-2H3,(H,18,20). The van der Waals surface area contributed by atoms with Gasteiger partial charge in [-0.3, -0.25) is 9.69 Å². The molecule has 1 saturated heterocycles.